The van der Waals surface area contributed by atoms with Crippen LogP contribution in [0, 0.1) is 5.92 Å². The number of ether oxygens (including phenoxy) is 1. The molecule has 19 heavy (non-hydrogen) atoms. The van der Waals surface area contributed by atoms with E-state index >= 15 is 0 Å². The third-order valence-corrected chi connectivity index (χ3v) is 3.54. The molecule has 0 bridgehead atoms. The van der Waals surface area contributed by atoms with Crippen molar-refractivity contribution in [2.45, 2.75) is 25.7 Å². The number of fused-ring (bicyclic) bond motifs is 1. The molecule has 0 radical (unpaired) electrons. The maximum atomic E-state index is 12.3. The molecule has 1 aliphatic carbocycles. The highest BCUT2D eigenvalue weighted by Gasteiger charge is 2.27. The van der Waals surface area contributed by atoms with Crippen LogP contribution < -0.4 is 16.2 Å². The van der Waals surface area contributed by atoms with Gasteiger partial charge in [0.05, 0.1) is 18.4 Å². The molecule has 0 fully saturated rings. The van der Waals surface area contributed by atoms with Crippen LogP contribution in [0.5, 0.6) is 5.75 Å². The number of anilines is 1. The molecular weight excluding hydrogens is 244 g/mol. The van der Waals surface area contributed by atoms with Crippen LogP contribution in [0.4, 0.5) is 5.69 Å². The Kier molecular flexibility index (Phi) is 3.74. The Morgan fingerprint density at radius 2 is 2.21 bits per heavy atom. The van der Waals surface area contributed by atoms with Crippen molar-refractivity contribution in [3.05, 3.63) is 23.3 Å². The highest BCUT2D eigenvalue weighted by atomic mass is 16.5. The van der Waals surface area contributed by atoms with Gasteiger partial charge in [0.15, 0.2) is 11.5 Å². The molecule has 0 heterocycles. The van der Waals surface area contributed by atoms with E-state index in [0.29, 0.717) is 23.4 Å². The van der Waals surface area contributed by atoms with Crippen LogP contribution in [-0.4, -0.2) is 18.8 Å². The summed E-state index contributed by atoms with van der Waals surface area (Å²) in [4.78, 5) is 23.3. The molecule has 5 nitrogen and oxygen atoms in total. The molecule has 0 spiro atoms. The van der Waals surface area contributed by atoms with Gasteiger partial charge in [-0.2, -0.15) is 0 Å². The number of nitrogens with two attached hydrogens (primary N) is 2. The third kappa shape index (κ3) is 2.70. The van der Waals surface area contributed by atoms with Crippen molar-refractivity contribution in [1.29, 1.82) is 0 Å². The number of aryl methyl sites for hydroxylation is 1. The maximum absolute atomic E-state index is 12.3. The molecule has 4 N–H and O–H groups in total. The molecule has 1 aromatic rings. The van der Waals surface area contributed by atoms with E-state index in [1.165, 1.54) is 7.11 Å². The number of nitrogen functional groups attached to an aromatic ring is 1. The molecular formula is C14H18N2O3. The summed E-state index contributed by atoms with van der Waals surface area (Å²) in [5, 5.41) is 0. The van der Waals surface area contributed by atoms with Gasteiger partial charge in [-0.3, -0.25) is 9.59 Å². The van der Waals surface area contributed by atoms with Gasteiger partial charge in [-0.25, -0.2) is 0 Å². The number of Topliss-reactive ketones (excluding diaryl/α,β-unsaturated/α-hetero) is 1. The topological polar surface area (TPSA) is 95.4 Å². The largest absolute Gasteiger partial charge is 0.494 e. The van der Waals surface area contributed by atoms with E-state index < -0.39 is 0 Å². The van der Waals surface area contributed by atoms with Crippen LogP contribution in [0.2, 0.25) is 0 Å². The quantitative estimate of drug-likeness (QED) is 0.633. The fourth-order valence-corrected chi connectivity index (χ4v) is 2.66. The zero-order valence-corrected chi connectivity index (χ0v) is 10.9. The number of primary amides is 1. The summed E-state index contributed by atoms with van der Waals surface area (Å²) < 4.78 is 5.25. The zero-order valence-electron chi connectivity index (χ0n) is 10.9. The van der Waals surface area contributed by atoms with Crippen LogP contribution in [-0.2, 0) is 11.2 Å². The van der Waals surface area contributed by atoms with Gasteiger partial charge in [0.2, 0.25) is 5.91 Å². The monoisotopic (exact) mass is 262 g/mol. The summed E-state index contributed by atoms with van der Waals surface area (Å²) in [5.41, 5.74) is 13.0. The molecule has 5 heteroatoms. The summed E-state index contributed by atoms with van der Waals surface area (Å²) in [7, 11) is 1.50. The molecule has 0 saturated carbocycles. The zero-order chi connectivity index (χ0) is 14.0. The summed E-state index contributed by atoms with van der Waals surface area (Å²) in [6, 6.07) is 3.61. The van der Waals surface area contributed by atoms with Crippen LogP contribution in [0.1, 0.15) is 35.2 Å². The fourth-order valence-electron chi connectivity index (χ4n) is 2.66. The van der Waals surface area contributed by atoms with Crippen molar-refractivity contribution >= 4 is 17.4 Å². The van der Waals surface area contributed by atoms with E-state index in [0.717, 1.165) is 18.4 Å². The Hall–Kier alpha value is -2.04. The first kappa shape index (κ1) is 13.4. The summed E-state index contributed by atoms with van der Waals surface area (Å²) >= 11 is 0. The number of benzene rings is 1. The number of hydrogen-bond acceptors (Lipinski definition) is 4. The Balaban J connectivity index is 2.36. The first-order valence-electron chi connectivity index (χ1n) is 6.29. The molecule has 2 rings (SSSR count). The van der Waals surface area contributed by atoms with E-state index in [4.69, 9.17) is 16.2 Å². The maximum Gasteiger partial charge on any atom is 0.217 e. The Labute approximate surface area is 111 Å². The normalized spacial score (nSPS) is 18.6. The van der Waals surface area contributed by atoms with Gasteiger partial charge in [0.1, 0.15) is 0 Å². The third-order valence-electron chi connectivity index (χ3n) is 3.54. The average Bonchev–Trinajstić information content (AvgIpc) is 2.49. The van der Waals surface area contributed by atoms with E-state index in [1.807, 2.05) is 6.07 Å². The summed E-state index contributed by atoms with van der Waals surface area (Å²) in [6.07, 6.45) is 2.07. The molecule has 1 aromatic carbocycles. The standard InChI is InChI=1S/C14H18N2O3/c1-19-14-10(15)5-4-9-3-2-8(7-12(16)18)6-11(17)13(9)14/h4-5,8H,2-3,6-7,15H2,1H3,(H2,16,18)/t8-/m0/s1. The van der Waals surface area contributed by atoms with Crippen LogP contribution in [0.15, 0.2) is 12.1 Å². The van der Waals surface area contributed by atoms with Crippen molar-refractivity contribution in [3.8, 4) is 5.75 Å². The van der Waals surface area contributed by atoms with Crippen molar-refractivity contribution in [2.24, 2.45) is 11.7 Å². The van der Waals surface area contributed by atoms with Gasteiger partial charge in [0.25, 0.3) is 0 Å². The molecule has 0 aromatic heterocycles. The van der Waals surface area contributed by atoms with Crippen LogP contribution in [0.3, 0.4) is 0 Å². The number of methoxy groups -OCH3 is 1. The van der Waals surface area contributed by atoms with Crippen molar-refractivity contribution in [1.82, 2.24) is 0 Å². The minimum Gasteiger partial charge on any atom is -0.494 e. The summed E-state index contributed by atoms with van der Waals surface area (Å²) in [6.45, 7) is 0. The molecule has 1 atom stereocenters. The number of carbonyl (C=O) groups excluding carboxylic acids is 2. The predicted octanol–water partition coefficient (Wildman–Crippen LogP) is 1.29. The second-order valence-corrected chi connectivity index (χ2v) is 4.92. The van der Waals surface area contributed by atoms with Gasteiger partial charge in [0, 0.05) is 12.8 Å². The van der Waals surface area contributed by atoms with Crippen LogP contribution in [0.25, 0.3) is 0 Å². The first-order valence-corrected chi connectivity index (χ1v) is 6.29. The predicted molar refractivity (Wildman–Crippen MR) is 72.0 cm³/mol. The molecule has 102 valence electrons. The van der Waals surface area contributed by atoms with E-state index in [-0.39, 0.29) is 24.0 Å². The first-order chi connectivity index (χ1) is 9.02. The number of hydrogen-bond donors (Lipinski definition) is 2. The van der Waals surface area contributed by atoms with Gasteiger partial charge in [-0.1, -0.05) is 6.07 Å². The lowest BCUT2D eigenvalue weighted by Crippen LogP contribution is -2.18. The average molecular weight is 262 g/mol. The number of ketones is 1. The Bertz CT molecular complexity index is 526. The Morgan fingerprint density at radius 3 is 2.84 bits per heavy atom. The van der Waals surface area contributed by atoms with Crippen molar-refractivity contribution in [3.63, 3.8) is 0 Å². The number of amides is 1. The molecule has 1 aliphatic rings. The minimum absolute atomic E-state index is 0.00308. The van der Waals surface area contributed by atoms with Gasteiger partial charge in [-0.15, -0.1) is 0 Å². The van der Waals surface area contributed by atoms with Crippen LogP contribution >= 0.6 is 0 Å². The second-order valence-electron chi connectivity index (χ2n) is 4.92. The Morgan fingerprint density at radius 1 is 1.47 bits per heavy atom. The lowest BCUT2D eigenvalue weighted by Gasteiger charge is -2.12. The molecule has 1 amide bonds. The van der Waals surface area contributed by atoms with Crippen molar-refractivity contribution < 1.29 is 14.3 Å². The van der Waals surface area contributed by atoms with Gasteiger partial charge < -0.3 is 16.2 Å². The van der Waals surface area contributed by atoms with Gasteiger partial charge in [-0.05, 0) is 30.4 Å². The van der Waals surface area contributed by atoms with Crippen molar-refractivity contribution in [2.75, 3.05) is 12.8 Å². The SMILES string of the molecule is COc1c(N)ccc2c1C(=O)C[C@@H](CC(N)=O)CC2. The van der Waals surface area contributed by atoms with E-state index in [1.54, 1.807) is 6.07 Å². The smallest absolute Gasteiger partial charge is 0.217 e. The minimum atomic E-state index is -0.366. The fraction of sp³-hybridized carbons (Fsp3) is 0.429. The lowest BCUT2D eigenvalue weighted by atomic mass is 9.95. The molecule has 0 unspecified atom stereocenters. The van der Waals surface area contributed by atoms with E-state index in [9.17, 15) is 9.59 Å². The van der Waals surface area contributed by atoms with E-state index in [2.05, 4.69) is 0 Å². The summed E-state index contributed by atoms with van der Waals surface area (Å²) in [5.74, 6) is 0.0590. The highest BCUT2D eigenvalue weighted by molar-refractivity contribution is 6.02. The lowest BCUT2D eigenvalue weighted by molar-refractivity contribution is -0.118. The molecule has 0 aliphatic heterocycles. The highest BCUT2D eigenvalue weighted by Crippen LogP contribution is 2.35. The number of rotatable bonds is 3. The number of carbonyl (C=O) groups is 2. The second kappa shape index (κ2) is 5.30. The van der Waals surface area contributed by atoms with Gasteiger partial charge >= 0.3 is 0 Å². The molecule has 0 saturated heterocycles.